The second-order valence-corrected chi connectivity index (χ2v) is 6.59. The zero-order valence-electron chi connectivity index (χ0n) is 16.0. The SMILES string of the molecule is COc1ccc2oc(-c3cc(O)c(-c4nc5cc(OC)ccc5o4)cc3O)nc2c1. The van der Waals surface area contributed by atoms with Crippen molar-refractivity contribution >= 4 is 22.2 Å². The maximum Gasteiger partial charge on any atom is 0.231 e. The van der Waals surface area contributed by atoms with Crippen LogP contribution in [0.3, 0.4) is 0 Å². The van der Waals surface area contributed by atoms with Gasteiger partial charge in [-0.2, -0.15) is 0 Å². The highest BCUT2D eigenvalue weighted by atomic mass is 16.5. The van der Waals surface area contributed by atoms with Gasteiger partial charge in [0.15, 0.2) is 11.2 Å². The molecule has 2 aromatic heterocycles. The van der Waals surface area contributed by atoms with Crippen LogP contribution in [-0.4, -0.2) is 34.4 Å². The van der Waals surface area contributed by atoms with Crippen molar-refractivity contribution in [2.75, 3.05) is 14.2 Å². The van der Waals surface area contributed by atoms with Gasteiger partial charge < -0.3 is 28.5 Å². The average Bonchev–Trinajstić information content (AvgIpc) is 3.37. The van der Waals surface area contributed by atoms with E-state index in [-0.39, 0.29) is 34.4 Å². The standard InChI is InChI=1S/C22H16N2O6/c1-27-11-3-5-19-15(7-11)23-21(29-19)13-9-18(26)14(10-17(13)25)22-24-16-8-12(28-2)4-6-20(16)30-22/h3-10,25-26H,1-2H3. The number of ether oxygens (including phenoxy) is 2. The van der Waals surface area contributed by atoms with Gasteiger partial charge in [0, 0.05) is 12.1 Å². The normalized spacial score (nSPS) is 11.3. The molecule has 0 saturated heterocycles. The number of phenols is 2. The van der Waals surface area contributed by atoms with Gasteiger partial charge in [0.2, 0.25) is 11.8 Å². The number of fused-ring (bicyclic) bond motifs is 2. The maximum absolute atomic E-state index is 10.6. The van der Waals surface area contributed by atoms with Gasteiger partial charge in [0.25, 0.3) is 0 Å². The Morgan fingerprint density at radius 2 is 1.10 bits per heavy atom. The summed E-state index contributed by atoms with van der Waals surface area (Å²) >= 11 is 0. The summed E-state index contributed by atoms with van der Waals surface area (Å²) in [7, 11) is 3.12. The molecular weight excluding hydrogens is 388 g/mol. The van der Waals surface area contributed by atoms with Crippen molar-refractivity contribution < 1.29 is 28.5 Å². The molecule has 8 nitrogen and oxygen atoms in total. The van der Waals surface area contributed by atoms with Crippen molar-refractivity contribution in [1.29, 1.82) is 0 Å². The predicted octanol–water partition coefficient (Wildman–Crippen LogP) is 4.73. The predicted molar refractivity (Wildman–Crippen MR) is 109 cm³/mol. The number of benzene rings is 3. The van der Waals surface area contributed by atoms with Crippen LogP contribution in [0.5, 0.6) is 23.0 Å². The van der Waals surface area contributed by atoms with Crippen molar-refractivity contribution in [2.45, 2.75) is 0 Å². The first-order valence-electron chi connectivity index (χ1n) is 9.01. The molecule has 8 heteroatoms. The van der Waals surface area contributed by atoms with Gasteiger partial charge in [0.1, 0.15) is 34.0 Å². The van der Waals surface area contributed by atoms with E-state index in [0.717, 1.165) is 0 Å². The molecule has 0 atom stereocenters. The maximum atomic E-state index is 10.6. The first-order chi connectivity index (χ1) is 14.6. The van der Waals surface area contributed by atoms with Crippen molar-refractivity contribution in [3.63, 3.8) is 0 Å². The van der Waals surface area contributed by atoms with E-state index < -0.39 is 0 Å². The lowest BCUT2D eigenvalue weighted by atomic mass is 10.1. The molecule has 2 heterocycles. The number of nitrogens with zero attached hydrogens (tertiary/aromatic N) is 2. The van der Waals surface area contributed by atoms with Gasteiger partial charge in [-0.15, -0.1) is 0 Å². The summed E-state index contributed by atoms with van der Waals surface area (Å²) in [5.41, 5.74) is 2.68. The van der Waals surface area contributed by atoms with Crippen LogP contribution in [0.4, 0.5) is 0 Å². The van der Waals surface area contributed by atoms with E-state index in [1.54, 1.807) is 50.6 Å². The molecule has 0 aliphatic heterocycles. The molecule has 0 aliphatic rings. The minimum absolute atomic E-state index is 0.138. The van der Waals surface area contributed by atoms with Crippen LogP contribution in [0.1, 0.15) is 0 Å². The van der Waals surface area contributed by atoms with Crippen molar-refractivity contribution in [1.82, 2.24) is 9.97 Å². The van der Waals surface area contributed by atoms with Crippen LogP contribution >= 0.6 is 0 Å². The van der Waals surface area contributed by atoms with E-state index >= 15 is 0 Å². The lowest BCUT2D eigenvalue weighted by Gasteiger charge is -2.05. The van der Waals surface area contributed by atoms with Gasteiger partial charge in [0.05, 0.1) is 25.3 Å². The summed E-state index contributed by atoms with van der Waals surface area (Å²) < 4.78 is 21.8. The molecular formula is C22H16N2O6. The van der Waals surface area contributed by atoms with E-state index in [4.69, 9.17) is 18.3 Å². The molecule has 0 amide bonds. The number of hydrogen-bond donors (Lipinski definition) is 2. The monoisotopic (exact) mass is 404 g/mol. The molecule has 0 unspecified atom stereocenters. The Bertz CT molecular complexity index is 1290. The van der Waals surface area contributed by atoms with Gasteiger partial charge in [-0.25, -0.2) is 9.97 Å². The number of methoxy groups -OCH3 is 2. The summed E-state index contributed by atoms with van der Waals surface area (Å²) in [6, 6.07) is 13.1. The Morgan fingerprint density at radius 1 is 0.667 bits per heavy atom. The molecule has 3 aromatic carbocycles. The summed E-state index contributed by atoms with van der Waals surface area (Å²) in [6.07, 6.45) is 0. The van der Waals surface area contributed by atoms with Gasteiger partial charge >= 0.3 is 0 Å². The largest absolute Gasteiger partial charge is 0.507 e. The fourth-order valence-corrected chi connectivity index (χ4v) is 3.22. The van der Waals surface area contributed by atoms with E-state index in [1.165, 1.54) is 12.1 Å². The highest BCUT2D eigenvalue weighted by molar-refractivity contribution is 5.83. The Kier molecular flexibility index (Phi) is 3.99. The number of aromatic hydroxyl groups is 2. The third-order valence-electron chi connectivity index (χ3n) is 4.76. The van der Waals surface area contributed by atoms with Gasteiger partial charge in [-0.1, -0.05) is 0 Å². The first-order valence-corrected chi connectivity index (χ1v) is 9.01. The quantitative estimate of drug-likeness (QED) is 0.414. The van der Waals surface area contributed by atoms with E-state index in [2.05, 4.69) is 9.97 Å². The van der Waals surface area contributed by atoms with E-state index in [1.807, 2.05) is 0 Å². The van der Waals surface area contributed by atoms with E-state index in [9.17, 15) is 10.2 Å². The number of hydrogen-bond acceptors (Lipinski definition) is 8. The second kappa shape index (κ2) is 6.70. The molecule has 5 aromatic rings. The zero-order chi connectivity index (χ0) is 20.8. The molecule has 5 rings (SSSR count). The Hall–Kier alpha value is -4.20. The third-order valence-corrected chi connectivity index (χ3v) is 4.76. The number of phenolic OH excluding ortho intramolecular Hbond substituents is 2. The van der Waals surface area contributed by atoms with Crippen molar-refractivity contribution in [3.8, 4) is 45.9 Å². The average molecular weight is 404 g/mol. The zero-order valence-corrected chi connectivity index (χ0v) is 16.0. The summed E-state index contributed by atoms with van der Waals surface area (Å²) in [5.74, 6) is 1.33. The lowest BCUT2D eigenvalue weighted by Crippen LogP contribution is -1.85. The van der Waals surface area contributed by atoms with Crippen molar-refractivity contribution in [2.24, 2.45) is 0 Å². The first kappa shape index (κ1) is 17.9. The van der Waals surface area contributed by atoms with Crippen LogP contribution in [0.25, 0.3) is 45.1 Å². The number of rotatable bonds is 4. The Morgan fingerprint density at radius 3 is 1.50 bits per heavy atom. The van der Waals surface area contributed by atoms with Crippen LogP contribution < -0.4 is 9.47 Å². The summed E-state index contributed by atoms with van der Waals surface area (Å²) in [5, 5.41) is 21.2. The minimum Gasteiger partial charge on any atom is -0.507 e. The highest BCUT2D eigenvalue weighted by Crippen LogP contribution is 2.41. The lowest BCUT2D eigenvalue weighted by molar-refractivity contribution is 0.415. The molecule has 0 saturated carbocycles. The van der Waals surface area contributed by atoms with Gasteiger partial charge in [-0.05, 0) is 36.4 Å². The minimum atomic E-state index is -0.138. The molecule has 150 valence electrons. The van der Waals surface area contributed by atoms with Crippen LogP contribution in [0.2, 0.25) is 0 Å². The fraction of sp³-hybridized carbons (Fsp3) is 0.0909. The van der Waals surface area contributed by atoms with Gasteiger partial charge in [-0.3, -0.25) is 0 Å². The fourth-order valence-electron chi connectivity index (χ4n) is 3.22. The summed E-state index contributed by atoms with van der Waals surface area (Å²) in [4.78, 5) is 8.76. The molecule has 0 radical (unpaired) electrons. The third kappa shape index (κ3) is 2.86. The molecule has 0 aliphatic carbocycles. The molecule has 0 fully saturated rings. The van der Waals surface area contributed by atoms with Crippen molar-refractivity contribution in [3.05, 3.63) is 48.5 Å². The smallest absolute Gasteiger partial charge is 0.231 e. The molecule has 0 spiro atoms. The van der Waals surface area contributed by atoms with Crippen LogP contribution in [0.15, 0.2) is 57.4 Å². The molecule has 0 bridgehead atoms. The summed E-state index contributed by atoms with van der Waals surface area (Å²) in [6.45, 7) is 0. The number of oxazole rings is 2. The number of aromatic nitrogens is 2. The second-order valence-electron chi connectivity index (χ2n) is 6.59. The molecule has 2 N–H and O–H groups in total. The Balaban J connectivity index is 1.58. The van der Waals surface area contributed by atoms with Crippen LogP contribution in [0, 0.1) is 0 Å². The van der Waals surface area contributed by atoms with Crippen LogP contribution in [-0.2, 0) is 0 Å². The van der Waals surface area contributed by atoms with E-state index in [0.29, 0.717) is 33.7 Å². The molecule has 30 heavy (non-hydrogen) atoms. The highest BCUT2D eigenvalue weighted by Gasteiger charge is 2.20. The topological polar surface area (TPSA) is 111 Å². The Labute approximate surface area is 169 Å².